The maximum Gasteiger partial charge on any atom is 0.326 e. The SMILES string of the molecule is NC(=O)CCC(NC(=O)CNC(=O)C(N)Cc1c[nH]c2ccccc12)C(=O)NC(CCCN=C(N)N)C(=O)O. The zero-order valence-electron chi connectivity index (χ0n) is 21.3. The number of H-pyrrole nitrogens is 1. The van der Waals surface area contributed by atoms with Crippen LogP contribution in [-0.4, -0.2) is 76.9 Å². The molecule has 0 aliphatic carbocycles. The number of hydrogen-bond donors (Lipinski definition) is 9. The van der Waals surface area contributed by atoms with Crippen LogP contribution in [0.2, 0.25) is 0 Å². The molecule has 0 fully saturated rings. The molecule has 0 aliphatic rings. The average molecular weight is 546 g/mol. The van der Waals surface area contributed by atoms with E-state index in [-0.39, 0.29) is 44.6 Å². The van der Waals surface area contributed by atoms with Crippen molar-refractivity contribution in [2.75, 3.05) is 13.1 Å². The number of aliphatic carboxylic acids is 1. The van der Waals surface area contributed by atoms with Crippen LogP contribution in [0.15, 0.2) is 35.5 Å². The number of nitrogens with one attached hydrogen (secondary N) is 4. The van der Waals surface area contributed by atoms with Gasteiger partial charge in [0.15, 0.2) is 5.96 Å². The zero-order chi connectivity index (χ0) is 28.9. The minimum absolute atomic E-state index is 0.0126. The molecule has 212 valence electrons. The second kappa shape index (κ2) is 14.9. The van der Waals surface area contributed by atoms with Crippen molar-refractivity contribution < 1.29 is 29.1 Å². The number of aliphatic imine (C=N–C) groups is 1. The van der Waals surface area contributed by atoms with Gasteiger partial charge in [0, 0.05) is 30.1 Å². The van der Waals surface area contributed by atoms with Crippen molar-refractivity contribution in [1.29, 1.82) is 0 Å². The van der Waals surface area contributed by atoms with Crippen molar-refractivity contribution in [2.24, 2.45) is 27.9 Å². The number of para-hydroxylation sites is 1. The Morgan fingerprint density at radius 3 is 2.36 bits per heavy atom. The highest BCUT2D eigenvalue weighted by Crippen LogP contribution is 2.18. The van der Waals surface area contributed by atoms with Gasteiger partial charge in [-0.05, 0) is 37.3 Å². The third kappa shape index (κ3) is 10.3. The number of carboxylic acids is 1. The Balaban J connectivity index is 1.92. The highest BCUT2D eigenvalue weighted by atomic mass is 16.4. The predicted octanol–water partition coefficient (Wildman–Crippen LogP) is -2.47. The molecule has 2 rings (SSSR count). The van der Waals surface area contributed by atoms with Gasteiger partial charge in [-0.15, -0.1) is 0 Å². The number of fused-ring (bicyclic) bond motifs is 1. The molecule has 1 aromatic carbocycles. The molecule has 39 heavy (non-hydrogen) atoms. The van der Waals surface area contributed by atoms with Crippen molar-refractivity contribution in [1.82, 2.24) is 20.9 Å². The number of nitrogens with two attached hydrogens (primary N) is 4. The number of benzene rings is 1. The van der Waals surface area contributed by atoms with Gasteiger partial charge in [-0.1, -0.05) is 18.2 Å². The van der Waals surface area contributed by atoms with Gasteiger partial charge in [0.25, 0.3) is 0 Å². The third-order valence-corrected chi connectivity index (χ3v) is 5.77. The van der Waals surface area contributed by atoms with Gasteiger partial charge in [0.05, 0.1) is 12.6 Å². The number of nitrogens with zero attached hydrogens (tertiary/aromatic N) is 1. The molecular formula is C24H35N9O6. The van der Waals surface area contributed by atoms with Gasteiger partial charge < -0.3 is 49.0 Å². The fourth-order valence-electron chi connectivity index (χ4n) is 3.76. The number of carbonyl (C=O) groups excluding carboxylic acids is 4. The molecule has 1 aromatic heterocycles. The topological polar surface area (TPSA) is 274 Å². The van der Waals surface area contributed by atoms with Crippen molar-refractivity contribution in [3.63, 3.8) is 0 Å². The molecular weight excluding hydrogens is 510 g/mol. The Morgan fingerprint density at radius 1 is 0.974 bits per heavy atom. The van der Waals surface area contributed by atoms with Crippen molar-refractivity contribution in [3.8, 4) is 0 Å². The van der Waals surface area contributed by atoms with Crippen LogP contribution in [0.5, 0.6) is 0 Å². The summed E-state index contributed by atoms with van der Waals surface area (Å²) in [5.74, 6) is -4.32. The summed E-state index contributed by atoms with van der Waals surface area (Å²) in [6.45, 7) is -0.340. The maximum absolute atomic E-state index is 12.8. The summed E-state index contributed by atoms with van der Waals surface area (Å²) >= 11 is 0. The first-order valence-corrected chi connectivity index (χ1v) is 12.2. The molecule has 1 heterocycles. The van der Waals surface area contributed by atoms with E-state index in [0.717, 1.165) is 16.5 Å². The van der Waals surface area contributed by atoms with Crippen LogP contribution in [0.1, 0.15) is 31.2 Å². The highest BCUT2D eigenvalue weighted by Gasteiger charge is 2.27. The summed E-state index contributed by atoms with van der Waals surface area (Å²) in [4.78, 5) is 67.4. The van der Waals surface area contributed by atoms with Crippen LogP contribution in [0.4, 0.5) is 0 Å². The van der Waals surface area contributed by atoms with Gasteiger partial charge in [-0.25, -0.2) is 4.79 Å². The lowest BCUT2D eigenvalue weighted by atomic mass is 10.1. The third-order valence-electron chi connectivity index (χ3n) is 5.77. The van der Waals surface area contributed by atoms with E-state index in [1.807, 2.05) is 24.3 Å². The quantitative estimate of drug-likeness (QED) is 0.0613. The van der Waals surface area contributed by atoms with E-state index in [9.17, 15) is 29.1 Å². The van der Waals surface area contributed by atoms with Crippen molar-refractivity contribution in [2.45, 2.75) is 50.2 Å². The summed E-state index contributed by atoms with van der Waals surface area (Å²) in [5, 5.41) is 17.5. The first kappa shape index (κ1) is 30.6. The lowest BCUT2D eigenvalue weighted by Gasteiger charge is -2.21. The van der Waals surface area contributed by atoms with E-state index >= 15 is 0 Å². The van der Waals surface area contributed by atoms with E-state index < -0.39 is 54.3 Å². The second-order valence-electron chi connectivity index (χ2n) is 8.86. The molecule has 15 nitrogen and oxygen atoms in total. The number of aromatic amines is 1. The molecule has 0 saturated heterocycles. The molecule has 3 unspecified atom stereocenters. The number of aromatic nitrogens is 1. The van der Waals surface area contributed by atoms with Gasteiger partial charge >= 0.3 is 5.97 Å². The predicted molar refractivity (Wildman–Crippen MR) is 143 cm³/mol. The molecule has 4 amide bonds. The monoisotopic (exact) mass is 545 g/mol. The Bertz CT molecular complexity index is 1210. The molecule has 2 aromatic rings. The Labute approximate surface area is 224 Å². The maximum atomic E-state index is 12.8. The highest BCUT2D eigenvalue weighted by molar-refractivity contribution is 5.93. The van der Waals surface area contributed by atoms with E-state index in [0.29, 0.717) is 0 Å². The van der Waals surface area contributed by atoms with Crippen LogP contribution in [-0.2, 0) is 30.4 Å². The number of guanidine groups is 1. The Morgan fingerprint density at radius 2 is 1.69 bits per heavy atom. The minimum Gasteiger partial charge on any atom is -0.480 e. The van der Waals surface area contributed by atoms with Crippen LogP contribution in [0.25, 0.3) is 10.9 Å². The number of carbonyl (C=O) groups is 5. The average Bonchev–Trinajstić information content (AvgIpc) is 3.28. The summed E-state index contributed by atoms with van der Waals surface area (Å²) in [6.07, 6.45) is 1.83. The normalized spacial score (nSPS) is 13.1. The number of hydrogen-bond acceptors (Lipinski definition) is 7. The smallest absolute Gasteiger partial charge is 0.326 e. The van der Waals surface area contributed by atoms with Gasteiger partial charge in [-0.3, -0.25) is 24.2 Å². The van der Waals surface area contributed by atoms with Crippen LogP contribution < -0.4 is 38.9 Å². The van der Waals surface area contributed by atoms with E-state index in [1.165, 1.54) is 0 Å². The lowest BCUT2D eigenvalue weighted by molar-refractivity contribution is -0.142. The number of carboxylic acid groups (broad SMARTS) is 1. The fraction of sp³-hybridized carbons (Fsp3) is 0.417. The minimum atomic E-state index is -1.30. The largest absolute Gasteiger partial charge is 0.480 e. The fourth-order valence-corrected chi connectivity index (χ4v) is 3.76. The molecule has 0 aliphatic heterocycles. The number of amides is 4. The zero-order valence-corrected chi connectivity index (χ0v) is 21.3. The first-order valence-electron chi connectivity index (χ1n) is 12.2. The van der Waals surface area contributed by atoms with Crippen LogP contribution >= 0.6 is 0 Å². The molecule has 0 saturated carbocycles. The van der Waals surface area contributed by atoms with Crippen LogP contribution in [0.3, 0.4) is 0 Å². The van der Waals surface area contributed by atoms with E-state index in [1.54, 1.807) is 6.20 Å². The number of primary amides is 1. The second-order valence-corrected chi connectivity index (χ2v) is 8.86. The van der Waals surface area contributed by atoms with Gasteiger partial charge in [0.2, 0.25) is 23.6 Å². The van der Waals surface area contributed by atoms with Gasteiger partial charge in [-0.2, -0.15) is 0 Å². The first-order chi connectivity index (χ1) is 18.5. The number of rotatable bonds is 16. The molecule has 0 radical (unpaired) electrons. The Hall–Kier alpha value is -4.66. The Kier molecular flexibility index (Phi) is 11.7. The molecule has 0 spiro atoms. The molecule has 15 heteroatoms. The molecule has 3 atom stereocenters. The molecule has 0 bridgehead atoms. The van der Waals surface area contributed by atoms with Crippen molar-refractivity contribution in [3.05, 3.63) is 36.0 Å². The molecule has 13 N–H and O–H groups in total. The van der Waals surface area contributed by atoms with E-state index in [2.05, 4.69) is 25.9 Å². The summed E-state index contributed by atoms with van der Waals surface area (Å²) in [7, 11) is 0. The summed E-state index contributed by atoms with van der Waals surface area (Å²) in [6, 6.07) is 4.03. The van der Waals surface area contributed by atoms with Crippen LogP contribution in [0, 0.1) is 0 Å². The standard InChI is InChI=1S/C24H35N9O6/c25-15(10-13-11-30-16-5-2-1-4-14(13)16)21(36)31-12-20(35)32-17(7-8-19(26)34)22(37)33-18(23(38)39)6-3-9-29-24(27)28/h1-2,4-5,11,15,17-18,30H,3,6-10,12,25H2,(H2,26,34)(H,31,36)(H,32,35)(H,33,37)(H,38,39)(H4,27,28,29). The summed E-state index contributed by atoms with van der Waals surface area (Å²) in [5.41, 5.74) is 23.4. The lowest BCUT2D eigenvalue weighted by Crippen LogP contribution is -2.54. The van der Waals surface area contributed by atoms with Gasteiger partial charge in [0.1, 0.15) is 12.1 Å². The summed E-state index contributed by atoms with van der Waals surface area (Å²) < 4.78 is 0. The van der Waals surface area contributed by atoms with Crippen molar-refractivity contribution >= 4 is 46.5 Å². The van der Waals surface area contributed by atoms with E-state index in [4.69, 9.17) is 22.9 Å².